The van der Waals surface area contributed by atoms with Crippen LogP contribution in [0.4, 0.5) is 0 Å². The van der Waals surface area contributed by atoms with Crippen molar-refractivity contribution in [2.75, 3.05) is 33.2 Å². The van der Waals surface area contributed by atoms with Crippen molar-refractivity contribution in [3.8, 4) is 0 Å². The third kappa shape index (κ3) is 5.69. The Morgan fingerprint density at radius 3 is 2.39 bits per heavy atom. The normalized spacial score (nSPS) is 17.5. The van der Waals surface area contributed by atoms with Crippen LogP contribution in [0.5, 0.6) is 0 Å². The minimum Gasteiger partial charge on any atom is -0.354 e. The second kappa shape index (κ2) is 7.59. The minimum absolute atomic E-state index is 0. The fourth-order valence-electron chi connectivity index (χ4n) is 1.90. The number of piperidine rings is 1. The second-order valence-electron chi connectivity index (χ2n) is 5.21. The summed E-state index contributed by atoms with van der Waals surface area (Å²) in [5.41, 5.74) is 0.190. The number of amides is 2. The van der Waals surface area contributed by atoms with Crippen molar-refractivity contribution in [1.82, 2.24) is 15.5 Å². The molecule has 6 heteroatoms. The first kappa shape index (κ1) is 17.2. The molecule has 0 atom stereocenters. The molecule has 1 heterocycles. The number of hydrogen-bond acceptors (Lipinski definition) is 3. The predicted octanol–water partition coefficient (Wildman–Crippen LogP) is 0.392. The molecular formula is C12H24ClN3O2. The summed E-state index contributed by atoms with van der Waals surface area (Å²) in [5, 5.41) is 6.23. The van der Waals surface area contributed by atoms with Crippen molar-refractivity contribution in [2.45, 2.75) is 26.7 Å². The van der Waals surface area contributed by atoms with Gasteiger partial charge >= 0.3 is 0 Å². The van der Waals surface area contributed by atoms with Gasteiger partial charge in [-0.1, -0.05) is 6.92 Å². The van der Waals surface area contributed by atoms with E-state index in [-0.39, 0.29) is 36.2 Å². The summed E-state index contributed by atoms with van der Waals surface area (Å²) in [6.07, 6.45) is 2.16. The molecule has 106 valence electrons. The highest BCUT2D eigenvalue weighted by atomic mass is 35.5. The predicted molar refractivity (Wildman–Crippen MR) is 73.8 cm³/mol. The summed E-state index contributed by atoms with van der Waals surface area (Å²) in [6, 6.07) is 0. The van der Waals surface area contributed by atoms with Crippen LogP contribution in [0.1, 0.15) is 26.7 Å². The van der Waals surface area contributed by atoms with E-state index in [1.54, 1.807) is 7.05 Å². The van der Waals surface area contributed by atoms with Crippen LogP contribution in [-0.4, -0.2) is 49.9 Å². The fourth-order valence-corrected chi connectivity index (χ4v) is 1.90. The molecule has 5 nitrogen and oxygen atoms in total. The Labute approximate surface area is 115 Å². The standard InChI is InChI=1S/C12H23N3O2.ClH/c1-10(16)15(3)8-11(17)14-9-12(2)4-6-13-7-5-12;/h13H,4-9H2,1-3H3,(H,14,17);1H. The summed E-state index contributed by atoms with van der Waals surface area (Å²) in [5.74, 6) is -0.171. The minimum atomic E-state index is -0.0896. The lowest BCUT2D eigenvalue weighted by atomic mass is 9.81. The van der Waals surface area contributed by atoms with Gasteiger partial charge in [0.15, 0.2) is 0 Å². The molecule has 18 heavy (non-hydrogen) atoms. The molecule has 0 bridgehead atoms. The molecule has 0 saturated carbocycles. The first-order valence-corrected chi connectivity index (χ1v) is 6.12. The number of rotatable bonds is 4. The van der Waals surface area contributed by atoms with Crippen molar-refractivity contribution >= 4 is 24.2 Å². The van der Waals surface area contributed by atoms with Crippen molar-refractivity contribution in [3.05, 3.63) is 0 Å². The Morgan fingerprint density at radius 2 is 1.89 bits per heavy atom. The first-order valence-electron chi connectivity index (χ1n) is 6.12. The van der Waals surface area contributed by atoms with E-state index in [2.05, 4.69) is 17.6 Å². The van der Waals surface area contributed by atoms with Gasteiger partial charge in [-0.15, -0.1) is 12.4 Å². The third-order valence-electron chi connectivity index (χ3n) is 3.44. The molecule has 0 aromatic heterocycles. The average Bonchev–Trinajstić information content (AvgIpc) is 2.27. The molecule has 0 radical (unpaired) electrons. The lowest BCUT2D eigenvalue weighted by Gasteiger charge is -2.34. The molecule has 1 aliphatic rings. The van der Waals surface area contributed by atoms with Crippen LogP contribution in [-0.2, 0) is 9.59 Å². The Hall–Kier alpha value is -0.810. The zero-order valence-corrected chi connectivity index (χ0v) is 12.2. The van der Waals surface area contributed by atoms with Gasteiger partial charge in [0.25, 0.3) is 0 Å². The van der Waals surface area contributed by atoms with Gasteiger partial charge in [0.1, 0.15) is 0 Å². The molecule has 0 aliphatic carbocycles. The Balaban J connectivity index is 0.00000289. The molecule has 2 N–H and O–H groups in total. The molecule has 2 amide bonds. The van der Waals surface area contributed by atoms with E-state index in [1.165, 1.54) is 11.8 Å². The molecule has 0 spiro atoms. The number of likely N-dealkylation sites (N-methyl/N-ethyl adjacent to an activating group) is 1. The number of carbonyl (C=O) groups excluding carboxylic acids is 2. The molecule has 1 rings (SSSR count). The lowest BCUT2D eigenvalue weighted by Crippen LogP contribution is -2.45. The van der Waals surface area contributed by atoms with E-state index in [0.29, 0.717) is 6.54 Å². The van der Waals surface area contributed by atoms with Crippen molar-refractivity contribution < 1.29 is 9.59 Å². The van der Waals surface area contributed by atoms with Gasteiger partial charge in [-0.25, -0.2) is 0 Å². The van der Waals surface area contributed by atoms with Gasteiger partial charge in [0.2, 0.25) is 11.8 Å². The smallest absolute Gasteiger partial charge is 0.239 e. The third-order valence-corrected chi connectivity index (χ3v) is 3.44. The Morgan fingerprint density at radius 1 is 1.33 bits per heavy atom. The fraction of sp³-hybridized carbons (Fsp3) is 0.833. The maximum atomic E-state index is 11.6. The molecule has 0 aromatic rings. The SMILES string of the molecule is CC(=O)N(C)CC(=O)NCC1(C)CCNCC1.Cl. The van der Waals surface area contributed by atoms with E-state index in [1.807, 2.05) is 0 Å². The van der Waals surface area contributed by atoms with E-state index in [9.17, 15) is 9.59 Å². The lowest BCUT2D eigenvalue weighted by molar-refractivity contribution is -0.133. The monoisotopic (exact) mass is 277 g/mol. The molecular weight excluding hydrogens is 254 g/mol. The van der Waals surface area contributed by atoms with Crippen LogP contribution in [0.15, 0.2) is 0 Å². The summed E-state index contributed by atoms with van der Waals surface area (Å²) in [4.78, 5) is 24.0. The Kier molecular flexibility index (Phi) is 7.25. The zero-order chi connectivity index (χ0) is 12.9. The van der Waals surface area contributed by atoms with Gasteiger partial charge in [-0.2, -0.15) is 0 Å². The maximum Gasteiger partial charge on any atom is 0.239 e. The van der Waals surface area contributed by atoms with Crippen molar-refractivity contribution in [3.63, 3.8) is 0 Å². The van der Waals surface area contributed by atoms with Crippen LogP contribution in [0, 0.1) is 5.41 Å². The van der Waals surface area contributed by atoms with Crippen LogP contribution in [0.25, 0.3) is 0 Å². The maximum absolute atomic E-state index is 11.6. The van der Waals surface area contributed by atoms with Gasteiger partial charge < -0.3 is 15.5 Å². The van der Waals surface area contributed by atoms with E-state index in [0.717, 1.165) is 25.9 Å². The van der Waals surface area contributed by atoms with Crippen LogP contribution < -0.4 is 10.6 Å². The first-order chi connectivity index (χ1) is 7.93. The second-order valence-corrected chi connectivity index (χ2v) is 5.21. The summed E-state index contributed by atoms with van der Waals surface area (Å²) < 4.78 is 0. The van der Waals surface area contributed by atoms with E-state index >= 15 is 0 Å². The van der Waals surface area contributed by atoms with Crippen molar-refractivity contribution in [1.29, 1.82) is 0 Å². The molecule has 1 aliphatic heterocycles. The number of nitrogens with zero attached hydrogens (tertiary/aromatic N) is 1. The highest BCUT2D eigenvalue weighted by Gasteiger charge is 2.27. The summed E-state index contributed by atoms with van der Waals surface area (Å²) >= 11 is 0. The van der Waals surface area contributed by atoms with Gasteiger partial charge in [-0.05, 0) is 31.3 Å². The number of carbonyl (C=O) groups is 2. The zero-order valence-electron chi connectivity index (χ0n) is 11.4. The summed E-state index contributed by atoms with van der Waals surface area (Å²) in [7, 11) is 1.63. The van der Waals surface area contributed by atoms with Crippen molar-refractivity contribution in [2.24, 2.45) is 5.41 Å². The number of nitrogens with one attached hydrogen (secondary N) is 2. The largest absolute Gasteiger partial charge is 0.354 e. The number of halogens is 1. The highest BCUT2D eigenvalue weighted by molar-refractivity contribution is 5.85. The topological polar surface area (TPSA) is 61.4 Å². The highest BCUT2D eigenvalue weighted by Crippen LogP contribution is 2.26. The van der Waals surface area contributed by atoms with E-state index < -0.39 is 0 Å². The van der Waals surface area contributed by atoms with Crippen LogP contribution in [0.3, 0.4) is 0 Å². The van der Waals surface area contributed by atoms with Crippen LogP contribution in [0.2, 0.25) is 0 Å². The van der Waals surface area contributed by atoms with Crippen LogP contribution >= 0.6 is 12.4 Å². The molecule has 1 saturated heterocycles. The van der Waals surface area contributed by atoms with Gasteiger partial charge in [-0.3, -0.25) is 9.59 Å². The Bertz CT molecular complexity index is 291. The van der Waals surface area contributed by atoms with E-state index in [4.69, 9.17) is 0 Å². The number of hydrogen-bond donors (Lipinski definition) is 2. The molecule has 0 unspecified atom stereocenters. The molecule has 0 aromatic carbocycles. The average molecular weight is 278 g/mol. The quantitative estimate of drug-likeness (QED) is 0.782. The van der Waals surface area contributed by atoms with Gasteiger partial charge in [0.05, 0.1) is 6.54 Å². The van der Waals surface area contributed by atoms with Gasteiger partial charge in [0, 0.05) is 20.5 Å². The summed E-state index contributed by atoms with van der Waals surface area (Å²) in [6.45, 7) is 6.52. The molecule has 1 fully saturated rings.